The summed E-state index contributed by atoms with van der Waals surface area (Å²) in [5, 5.41) is 0.217. The molecule has 0 saturated carbocycles. The van der Waals surface area contributed by atoms with Crippen LogP contribution in [0.2, 0.25) is 5.15 Å². The second-order valence-electron chi connectivity index (χ2n) is 7.85. The highest BCUT2D eigenvalue weighted by molar-refractivity contribution is 6.62. The molecule has 1 amide bonds. The van der Waals surface area contributed by atoms with E-state index in [-0.39, 0.29) is 53.3 Å². The van der Waals surface area contributed by atoms with Gasteiger partial charge in [-0.05, 0) is 44.9 Å². The molecule has 1 aromatic carbocycles. The number of pyridine rings is 1. The zero-order valence-electron chi connectivity index (χ0n) is 16.3. The maximum atomic E-state index is 15.2. The Bertz CT molecular complexity index is 988. The van der Waals surface area contributed by atoms with Crippen LogP contribution in [0.1, 0.15) is 31.9 Å². The van der Waals surface area contributed by atoms with E-state index in [2.05, 4.69) is 4.98 Å². The molecule has 9 heteroatoms. The summed E-state index contributed by atoms with van der Waals surface area (Å²) >= 11 is 6.02. The van der Waals surface area contributed by atoms with Crippen molar-refractivity contribution in [2.45, 2.75) is 45.3 Å². The average molecular weight is 421 g/mol. The van der Waals surface area contributed by atoms with Crippen LogP contribution in [-0.4, -0.2) is 36.3 Å². The van der Waals surface area contributed by atoms with Crippen LogP contribution in [0.5, 0.6) is 0 Å². The van der Waals surface area contributed by atoms with E-state index in [4.69, 9.17) is 20.9 Å². The Morgan fingerprint density at radius 1 is 1.45 bits per heavy atom. The lowest BCUT2D eigenvalue weighted by molar-refractivity contribution is -0.117. The van der Waals surface area contributed by atoms with Crippen molar-refractivity contribution in [1.29, 1.82) is 0 Å². The van der Waals surface area contributed by atoms with Crippen LogP contribution in [0.25, 0.3) is 0 Å². The number of rotatable bonds is 3. The molecule has 5 nitrogen and oxygen atoms in total. The zero-order chi connectivity index (χ0) is 20.9. The van der Waals surface area contributed by atoms with Gasteiger partial charge in [-0.3, -0.25) is 4.79 Å². The van der Waals surface area contributed by atoms with Gasteiger partial charge in [-0.25, -0.2) is 13.8 Å². The van der Waals surface area contributed by atoms with E-state index in [1.54, 1.807) is 12.1 Å². The number of carbonyl (C=O) groups is 1. The average Bonchev–Trinajstić information content (AvgIpc) is 3.22. The Morgan fingerprint density at radius 2 is 2.21 bits per heavy atom. The lowest BCUT2D eigenvalue weighted by atomic mass is 9.77. The van der Waals surface area contributed by atoms with Crippen molar-refractivity contribution >= 4 is 35.8 Å². The number of anilines is 1. The maximum absolute atomic E-state index is 15.2. The molecule has 0 spiro atoms. The van der Waals surface area contributed by atoms with Gasteiger partial charge in [0.25, 0.3) is 0 Å². The Hall–Kier alpha value is -2.03. The van der Waals surface area contributed by atoms with E-state index in [9.17, 15) is 9.18 Å². The number of hydrogen-bond acceptors (Lipinski definition) is 4. The first-order valence-corrected chi connectivity index (χ1v) is 9.80. The summed E-state index contributed by atoms with van der Waals surface area (Å²) in [7, 11) is -0.987. The minimum Gasteiger partial charge on any atom is -0.402 e. The number of benzene rings is 1. The highest BCUT2D eigenvalue weighted by Crippen LogP contribution is 2.35. The van der Waals surface area contributed by atoms with E-state index < -0.39 is 24.4 Å². The molecule has 1 fully saturated rings. The van der Waals surface area contributed by atoms with Gasteiger partial charge in [0.1, 0.15) is 16.8 Å². The van der Waals surface area contributed by atoms with Gasteiger partial charge in [0, 0.05) is 23.8 Å². The van der Waals surface area contributed by atoms with E-state index in [1.807, 2.05) is 20.8 Å². The molecule has 1 saturated heterocycles. The molecule has 0 aliphatic carbocycles. The molecule has 2 aliphatic heterocycles. The summed E-state index contributed by atoms with van der Waals surface area (Å²) in [6.45, 7) is 5.69. The molecular formula is C20H20BClF2N2O3. The van der Waals surface area contributed by atoms with Crippen LogP contribution >= 0.6 is 11.6 Å². The molecule has 1 unspecified atom stereocenters. The van der Waals surface area contributed by atoms with Gasteiger partial charge in [-0.15, -0.1) is 0 Å². The van der Waals surface area contributed by atoms with Gasteiger partial charge in [-0.2, -0.15) is 0 Å². The lowest BCUT2D eigenvalue weighted by Crippen LogP contribution is -2.38. The lowest BCUT2D eigenvalue weighted by Gasteiger charge is -2.21. The molecule has 4 rings (SSSR count). The molecule has 29 heavy (non-hydrogen) atoms. The SMILES string of the molecule is CC1OB(c2cc(F)c3c(c2F)CCN3C(=O)Cc2cccnc2Cl)OC1(C)C. The Balaban J connectivity index is 1.63. The number of carbonyl (C=O) groups excluding carboxylic acids is 1. The van der Waals surface area contributed by atoms with Crippen molar-refractivity contribution in [2.75, 3.05) is 11.4 Å². The summed E-state index contributed by atoms with van der Waals surface area (Å²) in [6, 6.07) is 4.42. The van der Waals surface area contributed by atoms with Crippen molar-refractivity contribution in [3.8, 4) is 0 Å². The van der Waals surface area contributed by atoms with Crippen LogP contribution in [0.4, 0.5) is 14.5 Å². The molecule has 0 radical (unpaired) electrons. The van der Waals surface area contributed by atoms with Gasteiger partial charge >= 0.3 is 7.12 Å². The molecule has 2 aliphatic rings. The van der Waals surface area contributed by atoms with Gasteiger partial charge in [0.2, 0.25) is 5.91 Å². The van der Waals surface area contributed by atoms with E-state index in [0.29, 0.717) is 5.56 Å². The molecule has 0 N–H and O–H groups in total. The van der Waals surface area contributed by atoms with Crippen molar-refractivity contribution in [2.24, 2.45) is 0 Å². The molecule has 1 atom stereocenters. The highest BCUT2D eigenvalue weighted by atomic mass is 35.5. The van der Waals surface area contributed by atoms with E-state index >= 15 is 4.39 Å². The van der Waals surface area contributed by atoms with Crippen LogP contribution in [0.3, 0.4) is 0 Å². The maximum Gasteiger partial charge on any atom is 0.497 e. The van der Waals surface area contributed by atoms with Crippen LogP contribution < -0.4 is 10.4 Å². The van der Waals surface area contributed by atoms with Gasteiger partial charge in [-0.1, -0.05) is 17.7 Å². The standard InChI is InChI=1S/C20H20BClF2N2O3/c1-11-20(2,3)29-21(28-11)14-10-15(23)18-13(17(14)24)6-8-26(18)16(27)9-12-5-4-7-25-19(12)22/h4-5,7,10-11H,6,8-9H2,1-3H3. The first kappa shape index (κ1) is 20.3. The van der Waals surface area contributed by atoms with Gasteiger partial charge in [0.05, 0.1) is 23.8 Å². The second kappa shape index (κ2) is 7.34. The number of halogens is 3. The van der Waals surface area contributed by atoms with Crippen LogP contribution in [-0.2, 0) is 26.9 Å². The molecule has 2 aromatic rings. The predicted molar refractivity (Wildman–Crippen MR) is 106 cm³/mol. The summed E-state index contributed by atoms with van der Waals surface area (Å²) in [4.78, 5) is 18.0. The van der Waals surface area contributed by atoms with Crippen molar-refractivity contribution < 1.29 is 22.9 Å². The van der Waals surface area contributed by atoms with Gasteiger partial charge in [0.15, 0.2) is 0 Å². The first-order chi connectivity index (χ1) is 13.7. The number of hydrogen-bond donors (Lipinski definition) is 0. The number of aromatic nitrogens is 1. The fourth-order valence-electron chi connectivity index (χ4n) is 3.66. The first-order valence-electron chi connectivity index (χ1n) is 9.43. The summed E-state index contributed by atoms with van der Waals surface area (Å²) in [5.41, 5.74) is 0.0755. The highest BCUT2D eigenvalue weighted by Gasteiger charge is 2.46. The van der Waals surface area contributed by atoms with Crippen LogP contribution in [0.15, 0.2) is 24.4 Å². The number of amides is 1. The molecule has 0 bridgehead atoms. The Labute approximate surface area is 173 Å². The van der Waals surface area contributed by atoms with Crippen LogP contribution in [0, 0.1) is 11.6 Å². The quantitative estimate of drug-likeness (QED) is 0.566. The molecule has 152 valence electrons. The minimum absolute atomic E-state index is 0.0169. The molecule has 1 aromatic heterocycles. The number of fused-ring (bicyclic) bond motifs is 1. The van der Waals surface area contributed by atoms with E-state index in [1.165, 1.54) is 11.1 Å². The van der Waals surface area contributed by atoms with Crippen molar-refractivity contribution in [1.82, 2.24) is 4.98 Å². The summed E-state index contributed by atoms with van der Waals surface area (Å²) in [6.07, 6.45) is 1.41. The van der Waals surface area contributed by atoms with E-state index in [0.717, 1.165) is 6.07 Å². The fraction of sp³-hybridized carbons (Fsp3) is 0.400. The number of nitrogens with zero attached hydrogens (tertiary/aromatic N) is 2. The summed E-state index contributed by atoms with van der Waals surface area (Å²) in [5.74, 6) is -1.64. The topological polar surface area (TPSA) is 51.7 Å². The molecule has 3 heterocycles. The van der Waals surface area contributed by atoms with Crippen molar-refractivity contribution in [3.05, 3.63) is 52.3 Å². The third-order valence-electron chi connectivity index (χ3n) is 5.62. The fourth-order valence-corrected chi connectivity index (χ4v) is 3.85. The second-order valence-corrected chi connectivity index (χ2v) is 8.20. The minimum atomic E-state index is -0.987. The normalized spacial score (nSPS) is 20.3. The smallest absolute Gasteiger partial charge is 0.402 e. The Morgan fingerprint density at radius 3 is 2.86 bits per heavy atom. The monoisotopic (exact) mass is 420 g/mol. The Kier molecular flexibility index (Phi) is 5.13. The third-order valence-corrected chi connectivity index (χ3v) is 5.96. The molecular weight excluding hydrogens is 400 g/mol. The van der Waals surface area contributed by atoms with Gasteiger partial charge < -0.3 is 14.2 Å². The predicted octanol–water partition coefficient (Wildman–Crippen LogP) is 3.05. The third kappa shape index (κ3) is 3.54. The summed E-state index contributed by atoms with van der Waals surface area (Å²) < 4.78 is 41.7. The largest absolute Gasteiger partial charge is 0.497 e. The zero-order valence-corrected chi connectivity index (χ0v) is 17.1. The van der Waals surface area contributed by atoms with Crippen molar-refractivity contribution in [3.63, 3.8) is 0 Å².